The third-order valence-electron chi connectivity index (χ3n) is 4.52. The van der Waals surface area contributed by atoms with Crippen molar-refractivity contribution in [2.45, 2.75) is 37.0 Å². The van der Waals surface area contributed by atoms with E-state index in [1.807, 2.05) is 32.9 Å². The molecule has 2 aromatic carbocycles. The Morgan fingerprint density at radius 2 is 1.84 bits per heavy atom. The summed E-state index contributed by atoms with van der Waals surface area (Å²) in [4.78, 5) is 11.8. The summed E-state index contributed by atoms with van der Waals surface area (Å²) in [6, 6.07) is 10.6. The lowest BCUT2D eigenvalue weighted by molar-refractivity contribution is -0.139. The molecule has 0 heterocycles. The van der Waals surface area contributed by atoms with Crippen LogP contribution in [0.2, 0.25) is 0 Å². The average Bonchev–Trinajstić information content (AvgIpc) is 2.72. The Hall–Kier alpha value is -2.23. The number of aryl methyl sites for hydroxylation is 2. The second-order valence-electron chi connectivity index (χ2n) is 7.02. The first kappa shape index (κ1) is 25.0. The number of ether oxygens (including phenoxy) is 2. The highest BCUT2D eigenvalue weighted by Crippen LogP contribution is 2.29. The van der Waals surface area contributed by atoms with Crippen molar-refractivity contribution in [1.29, 1.82) is 0 Å². The Morgan fingerprint density at radius 1 is 1.10 bits per heavy atom. The number of hydrogen-bond acceptors (Lipinski definition) is 6. The molecule has 0 atom stereocenters. The Bertz CT molecular complexity index is 1010. The zero-order valence-electron chi connectivity index (χ0n) is 18.3. The van der Waals surface area contributed by atoms with E-state index in [1.165, 1.54) is 23.2 Å². The molecule has 0 spiro atoms. The van der Waals surface area contributed by atoms with Crippen LogP contribution in [0, 0.1) is 13.8 Å². The van der Waals surface area contributed by atoms with E-state index in [0.717, 1.165) is 16.0 Å². The number of aliphatic carboxylic acids is 1. The third kappa shape index (κ3) is 6.88. The van der Waals surface area contributed by atoms with Gasteiger partial charge < -0.3 is 14.6 Å². The second-order valence-corrected chi connectivity index (χ2v) is 10.1. The monoisotopic (exact) mass is 467 g/mol. The molecule has 0 saturated heterocycles. The van der Waals surface area contributed by atoms with Crippen molar-refractivity contribution in [3.63, 3.8) is 0 Å². The summed E-state index contributed by atoms with van der Waals surface area (Å²) in [6.07, 6.45) is 0.701. The zero-order chi connectivity index (χ0) is 23.0. The van der Waals surface area contributed by atoms with E-state index in [2.05, 4.69) is 0 Å². The molecule has 0 radical (unpaired) electrons. The summed E-state index contributed by atoms with van der Waals surface area (Å²) >= 11 is 1.54. The van der Waals surface area contributed by atoms with Crippen molar-refractivity contribution in [1.82, 2.24) is 4.31 Å². The van der Waals surface area contributed by atoms with Crippen LogP contribution in [-0.2, 0) is 14.8 Å². The van der Waals surface area contributed by atoms with Crippen LogP contribution >= 0.6 is 11.8 Å². The largest absolute Gasteiger partial charge is 0.495 e. The summed E-state index contributed by atoms with van der Waals surface area (Å²) < 4.78 is 38.6. The first-order chi connectivity index (χ1) is 14.7. The molecule has 0 aliphatic heterocycles. The predicted molar refractivity (Wildman–Crippen MR) is 122 cm³/mol. The Kier molecular flexibility index (Phi) is 9.21. The fourth-order valence-corrected chi connectivity index (χ4v) is 5.76. The number of carbonyl (C=O) groups is 1. The van der Waals surface area contributed by atoms with Crippen LogP contribution in [0.25, 0.3) is 0 Å². The van der Waals surface area contributed by atoms with Gasteiger partial charge >= 0.3 is 5.97 Å². The summed E-state index contributed by atoms with van der Waals surface area (Å²) in [5.41, 5.74) is 1.76. The number of methoxy groups -OCH3 is 1. The molecule has 0 fully saturated rings. The van der Waals surface area contributed by atoms with Gasteiger partial charge in [-0.1, -0.05) is 13.0 Å². The molecule has 0 unspecified atom stereocenters. The number of rotatable bonds is 12. The van der Waals surface area contributed by atoms with Crippen molar-refractivity contribution >= 4 is 27.8 Å². The van der Waals surface area contributed by atoms with Gasteiger partial charge in [0.05, 0.1) is 7.11 Å². The van der Waals surface area contributed by atoms with E-state index in [9.17, 15) is 13.2 Å². The molecule has 7 nitrogen and oxygen atoms in total. The standard InChI is InChI=1S/C22H29NO6S2/c1-5-10-23(31(26,27)21-9-6-16(2)13-20(21)28-4)11-12-30-18-7-8-19(17(3)14-18)29-15-22(24)25/h6-9,13-14H,5,10-12,15H2,1-4H3,(H,24,25). The lowest BCUT2D eigenvalue weighted by Crippen LogP contribution is -2.34. The summed E-state index contributed by atoms with van der Waals surface area (Å²) in [5, 5.41) is 8.74. The van der Waals surface area contributed by atoms with Crippen LogP contribution in [-0.4, -0.2) is 56.4 Å². The van der Waals surface area contributed by atoms with Crippen LogP contribution in [0.3, 0.4) is 0 Å². The number of sulfonamides is 1. The number of benzene rings is 2. The van der Waals surface area contributed by atoms with Gasteiger partial charge in [-0.15, -0.1) is 11.8 Å². The first-order valence-corrected chi connectivity index (χ1v) is 12.3. The van der Waals surface area contributed by atoms with Gasteiger partial charge in [0.1, 0.15) is 16.4 Å². The predicted octanol–water partition coefficient (Wildman–Crippen LogP) is 3.97. The van der Waals surface area contributed by atoms with Crippen molar-refractivity contribution in [2.24, 2.45) is 0 Å². The SMILES string of the molecule is CCCN(CCSc1ccc(OCC(=O)O)c(C)c1)S(=O)(=O)c1ccc(C)cc1OC. The Labute approximate surface area is 188 Å². The molecule has 0 bridgehead atoms. The maximum Gasteiger partial charge on any atom is 0.341 e. The molecular weight excluding hydrogens is 438 g/mol. The van der Waals surface area contributed by atoms with Crippen LogP contribution in [0.1, 0.15) is 24.5 Å². The van der Waals surface area contributed by atoms with E-state index in [0.29, 0.717) is 36.8 Å². The molecule has 2 rings (SSSR count). The van der Waals surface area contributed by atoms with Gasteiger partial charge in [0.15, 0.2) is 6.61 Å². The number of carboxylic acids is 1. The summed E-state index contributed by atoms with van der Waals surface area (Å²) in [5.74, 6) is 0.414. The molecule has 0 amide bonds. The molecule has 0 aliphatic carbocycles. The Balaban J connectivity index is 2.09. The van der Waals surface area contributed by atoms with E-state index in [4.69, 9.17) is 14.6 Å². The highest BCUT2D eigenvalue weighted by atomic mass is 32.2. The highest BCUT2D eigenvalue weighted by molar-refractivity contribution is 7.99. The molecule has 0 aromatic heterocycles. The quantitative estimate of drug-likeness (QED) is 0.472. The van der Waals surface area contributed by atoms with E-state index >= 15 is 0 Å². The minimum absolute atomic E-state index is 0.176. The van der Waals surface area contributed by atoms with Gasteiger partial charge in [0.2, 0.25) is 10.0 Å². The van der Waals surface area contributed by atoms with Gasteiger partial charge in [-0.05, 0) is 61.7 Å². The van der Waals surface area contributed by atoms with Gasteiger partial charge in [-0.3, -0.25) is 0 Å². The van der Waals surface area contributed by atoms with Gasteiger partial charge in [0, 0.05) is 23.7 Å². The van der Waals surface area contributed by atoms with Crippen LogP contribution in [0.15, 0.2) is 46.2 Å². The topological polar surface area (TPSA) is 93.1 Å². The van der Waals surface area contributed by atoms with E-state index in [1.54, 1.807) is 24.3 Å². The van der Waals surface area contributed by atoms with Crippen molar-refractivity contribution in [3.8, 4) is 11.5 Å². The first-order valence-electron chi connectivity index (χ1n) is 9.91. The molecular formula is C22H29NO6S2. The minimum atomic E-state index is -3.69. The van der Waals surface area contributed by atoms with Crippen molar-refractivity contribution in [3.05, 3.63) is 47.5 Å². The van der Waals surface area contributed by atoms with E-state index in [-0.39, 0.29) is 11.5 Å². The Morgan fingerprint density at radius 3 is 2.45 bits per heavy atom. The van der Waals surface area contributed by atoms with E-state index < -0.39 is 16.0 Å². The molecule has 1 N–H and O–H groups in total. The average molecular weight is 468 g/mol. The van der Waals surface area contributed by atoms with Crippen LogP contribution < -0.4 is 9.47 Å². The number of carboxylic acid groups (broad SMARTS) is 1. The molecule has 31 heavy (non-hydrogen) atoms. The smallest absolute Gasteiger partial charge is 0.341 e. The van der Waals surface area contributed by atoms with Crippen molar-refractivity contribution < 1.29 is 27.8 Å². The van der Waals surface area contributed by atoms with Gasteiger partial charge in [0.25, 0.3) is 0 Å². The number of nitrogens with zero attached hydrogens (tertiary/aromatic N) is 1. The summed E-state index contributed by atoms with van der Waals surface area (Å²) in [6.45, 7) is 6.06. The molecule has 0 saturated carbocycles. The molecule has 170 valence electrons. The number of hydrogen-bond donors (Lipinski definition) is 1. The fourth-order valence-electron chi connectivity index (χ4n) is 3.01. The van der Waals surface area contributed by atoms with Crippen LogP contribution in [0.5, 0.6) is 11.5 Å². The van der Waals surface area contributed by atoms with Gasteiger partial charge in [-0.2, -0.15) is 4.31 Å². The van der Waals surface area contributed by atoms with Gasteiger partial charge in [-0.25, -0.2) is 13.2 Å². The number of thioether (sulfide) groups is 1. The molecule has 2 aromatic rings. The normalized spacial score (nSPS) is 11.5. The lowest BCUT2D eigenvalue weighted by atomic mass is 10.2. The zero-order valence-corrected chi connectivity index (χ0v) is 19.9. The maximum atomic E-state index is 13.3. The molecule has 9 heteroatoms. The maximum absolute atomic E-state index is 13.3. The van der Waals surface area contributed by atoms with Crippen LogP contribution in [0.4, 0.5) is 0 Å². The second kappa shape index (κ2) is 11.4. The third-order valence-corrected chi connectivity index (χ3v) is 7.43. The summed E-state index contributed by atoms with van der Waals surface area (Å²) in [7, 11) is -2.22. The minimum Gasteiger partial charge on any atom is -0.495 e. The fraction of sp³-hybridized carbons (Fsp3) is 0.409. The molecule has 0 aliphatic rings. The van der Waals surface area contributed by atoms with Crippen molar-refractivity contribution in [2.75, 3.05) is 32.6 Å². The highest BCUT2D eigenvalue weighted by Gasteiger charge is 2.27. The lowest BCUT2D eigenvalue weighted by Gasteiger charge is -2.23.